The van der Waals surface area contributed by atoms with Crippen LogP contribution in [0.25, 0.3) is 0 Å². The fourth-order valence-corrected chi connectivity index (χ4v) is 3.51. The molecule has 0 radical (unpaired) electrons. The van der Waals surface area contributed by atoms with Crippen molar-refractivity contribution in [1.29, 1.82) is 0 Å². The van der Waals surface area contributed by atoms with Crippen LogP contribution in [-0.2, 0) is 24.9 Å². The molecule has 3 rings (SSSR count). The Labute approximate surface area is 207 Å². The summed E-state index contributed by atoms with van der Waals surface area (Å²) < 4.78 is 7.15. The van der Waals surface area contributed by atoms with Crippen molar-refractivity contribution in [2.45, 2.75) is 26.4 Å². The third-order valence-electron chi connectivity index (χ3n) is 5.35. The SMILES string of the molecule is COCCCNC(=NCc1nnc(C)n1C)N1CCN(Cc2ccc(Cl)cc2)CC1.I. The summed E-state index contributed by atoms with van der Waals surface area (Å²) in [4.78, 5) is 9.64. The molecule has 0 amide bonds. The quantitative estimate of drug-likeness (QED) is 0.231. The number of nitrogens with one attached hydrogen (secondary N) is 1. The monoisotopic (exact) mass is 561 g/mol. The molecule has 0 saturated carbocycles. The number of benzene rings is 1. The highest BCUT2D eigenvalue weighted by molar-refractivity contribution is 14.0. The molecular weight excluding hydrogens is 529 g/mol. The first-order valence-corrected chi connectivity index (χ1v) is 10.8. The van der Waals surface area contributed by atoms with Crippen molar-refractivity contribution in [2.24, 2.45) is 12.0 Å². The molecule has 172 valence electrons. The van der Waals surface area contributed by atoms with Crippen LogP contribution in [0.4, 0.5) is 0 Å². The van der Waals surface area contributed by atoms with Gasteiger partial charge in [0.05, 0.1) is 0 Å². The summed E-state index contributed by atoms with van der Waals surface area (Å²) in [6.45, 7) is 8.81. The van der Waals surface area contributed by atoms with E-state index in [1.54, 1.807) is 7.11 Å². The third-order valence-corrected chi connectivity index (χ3v) is 5.60. The van der Waals surface area contributed by atoms with Gasteiger partial charge in [0.15, 0.2) is 11.8 Å². The Balaban J connectivity index is 0.00000341. The summed E-state index contributed by atoms with van der Waals surface area (Å²) in [5, 5.41) is 12.6. The number of guanidine groups is 1. The van der Waals surface area contributed by atoms with Crippen LogP contribution in [0, 0.1) is 6.92 Å². The van der Waals surface area contributed by atoms with Gasteiger partial charge in [0.1, 0.15) is 12.4 Å². The van der Waals surface area contributed by atoms with E-state index in [2.05, 4.69) is 37.4 Å². The average molecular weight is 562 g/mol. The second kappa shape index (κ2) is 13.2. The normalized spacial score (nSPS) is 15.1. The Morgan fingerprint density at radius 3 is 2.48 bits per heavy atom. The number of hydrogen-bond donors (Lipinski definition) is 1. The molecule has 31 heavy (non-hydrogen) atoms. The van der Waals surface area contributed by atoms with Crippen LogP contribution >= 0.6 is 35.6 Å². The predicted octanol–water partition coefficient (Wildman–Crippen LogP) is 2.69. The maximum absolute atomic E-state index is 6.00. The van der Waals surface area contributed by atoms with Crippen molar-refractivity contribution in [3.8, 4) is 0 Å². The maximum Gasteiger partial charge on any atom is 0.194 e. The van der Waals surface area contributed by atoms with Crippen LogP contribution in [0.3, 0.4) is 0 Å². The largest absolute Gasteiger partial charge is 0.385 e. The van der Waals surface area contributed by atoms with Crippen LogP contribution in [0.5, 0.6) is 0 Å². The van der Waals surface area contributed by atoms with Gasteiger partial charge in [-0.25, -0.2) is 4.99 Å². The van der Waals surface area contributed by atoms with E-state index in [1.807, 2.05) is 30.7 Å². The van der Waals surface area contributed by atoms with E-state index < -0.39 is 0 Å². The minimum atomic E-state index is 0. The van der Waals surface area contributed by atoms with E-state index in [0.717, 1.165) is 74.9 Å². The Kier molecular flexibility index (Phi) is 11.0. The number of hydrogen-bond acceptors (Lipinski definition) is 5. The molecular formula is C21H33ClIN7O. The molecule has 10 heteroatoms. The van der Waals surface area contributed by atoms with Gasteiger partial charge < -0.3 is 19.5 Å². The van der Waals surface area contributed by atoms with E-state index in [4.69, 9.17) is 21.3 Å². The lowest BCUT2D eigenvalue weighted by molar-refractivity contribution is 0.171. The standard InChI is InChI=1S/C21H32ClN7O.HI/c1-17-25-26-20(27(17)2)15-24-21(23-9-4-14-30-3)29-12-10-28(11-13-29)16-18-5-7-19(22)8-6-18;/h5-8H,4,9-16H2,1-3H3,(H,23,24);1H. The highest BCUT2D eigenvalue weighted by Crippen LogP contribution is 2.13. The molecule has 1 aliphatic rings. The molecule has 1 fully saturated rings. The van der Waals surface area contributed by atoms with Gasteiger partial charge in [0, 0.05) is 65.1 Å². The summed E-state index contributed by atoms with van der Waals surface area (Å²) in [5.41, 5.74) is 1.29. The molecule has 0 spiro atoms. The van der Waals surface area contributed by atoms with E-state index >= 15 is 0 Å². The predicted molar refractivity (Wildman–Crippen MR) is 135 cm³/mol. The van der Waals surface area contributed by atoms with Gasteiger partial charge in [-0.1, -0.05) is 23.7 Å². The minimum Gasteiger partial charge on any atom is -0.385 e. The van der Waals surface area contributed by atoms with Gasteiger partial charge in [-0.15, -0.1) is 34.2 Å². The second-order valence-corrected chi connectivity index (χ2v) is 7.96. The Morgan fingerprint density at radius 2 is 1.87 bits per heavy atom. The van der Waals surface area contributed by atoms with E-state index in [9.17, 15) is 0 Å². The van der Waals surface area contributed by atoms with E-state index in [0.29, 0.717) is 6.54 Å². The Hall–Kier alpha value is -1.43. The van der Waals surface area contributed by atoms with Crippen molar-refractivity contribution in [3.05, 3.63) is 46.5 Å². The number of methoxy groups -OCH3 is 1. The molecule has 0 bridgehead atoms. The van der Waals surface area contributed by atoms with Gasteiger partial charge in [-0.3, -0.25) is 4.90 Å². The number of piperazine rings is 1. The maximum atomic E-state index is 6.00. The van der Waals surface area contributed by atoms with Gasteiger partial charge >= 0.3 is 0 Å². The lowest BCUT2D eigenvalue weighted by Crippen LogP contribution is -2.52. The summed E-state index contributed by atoms with van der Waals surface area (Å²) in [5.74, 6) is 2.69. The summed E-state index contributed by atoms with van der Waals surface area (Å²) in [7, 11) is 3.70. The van der Waals surface area contributed by atoms with Crippen LogP contribution in [0.15, 0.2) is 29.3 Å². The zero-order chi connectivity index (χ0) is 21.3. The number of aromatic nitrogens is 3. The van der Waals surface area contributed by atoms with Crippen molar-refractivity contribution < 1.29 is 4.74 Å². The van der Waals surface area contributed by atoms with E-state index in [-0.39, 0.29) is 24.0 Å². The number of rotatable bonds is 8. The first-order valence-electron chi connectivity index (χ1n) is 10.4. The molecule has 1 saturated heterocycles. The average Bonchev–Trinajstić information content (AvgIpc) is 3.08. The van der Waals surface area contributed by atoms with Gasteiger partial charge in [-0.2, -0.15) is 0 Å². The molecule has 8 nitrogen and oxygen atoms in total. The minimum absolute atomic E-state index is 0. The van der Waals surface area contributed by atoms with Crippen molar-refractivity contribution in [1.82, 2.24) is 29.9 Å². The van der Waals surface area contributed by atoms with Crippen LogP contribution in [0.2, 0.25) is 5.02 Å². The molecule has 1 N–H and O–H groups in total. The molecule has 2 heterocycles. The lowest BCUT2D eigenvalue weighted by atomic mass is 10.2. The summed E-state index contributed by atoms with van der Waals surface area (Å²) in [6, 6.07) is 8.11. The number of nitrogens with zero attached hydrogens (tertiary/aromatic N) is 6. The number of aryl methyl sites for hydroxylation is 1. The fraction of sp³-hybridized carbons (Fsp3) is 0.571. The van der Waals surface area contributed by atoms with Crippen LogP contribution in [-0.4, -0.2) is 77.0 Å². The smallest absolute Gasteiger partial charge is 0.194 e. The number of aliphatic imine (C=N–C) groups is 1. The Morgan fingerprint density at radius 1 is 1.16 bits per heavy atom. The van der Waals surface area contributed by atoms with Gasteiger partial charge in [0.2, 0.25) is 0 Å². The van der Waals surface area contributed by atoms with Crippen LogP contribution < -0.4 is 5.32 Å². The fourth-order valence-electron chi connectivity index (χ4n) is 3.38. The molecule has 1 aromatic carbocycles. The number of ether oxygens (including phenoxy) is 1. The molecule has 0 atom stereocenters. The zero-order valence-corrected chi connectivity index (χ0v) is 21.6. The zero-order valence-electron chi connectivity index (χ0n) is 18.6. The second-order valence-electron chi connectivity index (χ2n) is 7.53. The molecule has 0 unspecified atom stereocenters. The first kappa shape index (κ1) is 25.8. The lowest BCUT2D eigenvalue weighted by Gasteiger charge is -2.36. The van der Waals surface area contributed by atoms with Gasteiger partial charge in [0.25, 0.3) is 0 Å². The highest BCUT2D eigenvalue weighted by atomic mass is 127. The third kappa shape index (κ3) is 7.89. The van der Waals surface area contributed by atoms with Crippen molar-refractivity contribution in [3.63, 3.8) is 0 Å². The summed E-state index contributed by atoms with van der Waals surface area (Å²) >= 11 is 6.00. The summed E-state index contributed by atoms with van der Waals surface area (Å²) in [6.07, 6.45) is 0.940. The highest BCUT2D eigenvalue weighted by Gasteiger charge is 2.20. The molecule has 0 aliphatic carbocycles. The van der Waals surface area contributed by atoms with Crippen molar-refractivity contribution >= 4 is 41.5 Å². The first-order chi connectivity index (χ1) is 14.6. The molecule has 1 aromatic heterocycles. The van der Waals surface area contributed by atoms with Crippen LogP contribution in [0.1, 0.15) is 23.6 Å². The Bertz CT molecular complexity index is 820. The van der Waals surface area contributed by atoms with Gasteiger partial charge in [-0.05, 0) is 31.0 Å². The van der Waals surface area contributed by atoms with E-state index in [1.165, 1.54) is 5.56 Å². The molecule has 1 aliphatic heterocycles. The molecule has 2 aromatic rings. The van der Waals surface area contributed by atoms with Crippen molar-refractivity contribution in [2.75, 3.05) is 46.4 Å². The number of halogens is 2. The topological polar surface area (TPSA) is 70.8 Å².